The summed E-state index contributed by atoms with van der Waals surface area (Å²) >= 11 is 0. The fraction of sp³-hybridized carbons (Fsp3) is 0.111. The molecule has 1 aromatic carbocycles. The van der Waals surface area contributed by atoms with Crippen molar-refractivity contribution in [2.24, 2.45) is 5.73 Å². The molecule has 1 rings (SSSR count). The Morgan fingerprint density at radius 1 is 1.46 bits per heavy atom. The fourth-order valence-corrected chi connectivity index (χ4v) is 0.804. The number of carbonyl (C=O) groups excluding carboxylic acids is 1. The number of nitrogens with one attached hydrogen (secondary N) is 1. The highest BCUT2D eigenvalue weighted by molar-refractivity contribution is 5.78. The molecular formula is C9H10N2O2. The number of benzene rings is 1. The van der Waals surface area contributed by atoms with Crippen molar-refractivity contribution in [2.75, 3.05) is 6.61 Å². The topological polar surface area (TPSA) is 76.2 Å². The second-order valence-corrected chi connectivity index (χ2v) is 2.50. The van der Waals surface area contributed by atoms with Gasteiger partial charge in [-0.05, 0) is 24.3 Å². The molecule has 1 aromatic rings. The zero-order valence-corrected chi connectivity index (χ0v) is 6.99. The van der Waals surface area contributed by atoms with Crippen LogP contribution < -0.4 is 10.5 Å². The van der Waals surface area contributed by atoms with Crippen LogP contribution in [0.1, 0.15) is 10.4 Å². The van der Waals surface area contributed by atoms with Crippen LogP contribution in [0.4, 0.5) is 0 Å². The van der Waals surface area contributed by atoms with Gasteiger partial charge in [-0.3, -0.25) is 10.2 Å². The van der Waals surface area contributed by atoms with E-state index in [1.54, 1.807) is 24.3 Å². The van der Waals surface area contributed by atoms with Crippen molar-refractivity contribution in [1.29, 1.82) is 5.41 Å². The fourth-order valence-electron chi connectivity index (χ4n) is 0.804. The third-order valence-corrected chi connectivity index (χ3v) is 1.41. The van der Waals surface area contributed by atoms with E-state index in [0.29, 0.717) is 11.3 Å². The number of carbonyl (C=O) groups is 1. The van der Waals surface area contributed by atoms with Crippen molar-refractivity contribution in [3.05, 3.63) is 29.8 Å². The highest BCUT2D eigenvalue weighted by Gasteiger charge is 1.94. The molecular weight excluding hydrogens is 168 g/mol. The molecule has 0 spiro atoms. The summed E-state index contributed by atoms with van der Waals surface area (Å²) < 4.78 is 5.10. The molecule has 0 aliphatic rings. The molecule has 0 unspecified atom stereocenters. The summed E-state index contributed by atoms with van der Waals surface area (Å²) in [6.07, 6.45) is 0.759. The van der Waals surface area contributed by atoms with E-state index in [4.69, 9.17) is 15.9 Å². The van der Waals surface area contributed by atoms with Gasteiger partial charge < -0.3 is 10.5 Å². The first-order valence-corrected chi connectivity index (χ1v) is 3.73. The molecule has 0 aromatic heterocycles. The lowest BCUT2D eigenvalue weighted by Crippen LogP contribution is -2.19. The molecule has 4 heteroatoms. The lowest BCUT2D eigenvalue weighted by Gasteiger charge is -2.03. The monoisotopic (exact) mass is 178 g/mol. The first kappa shape index (κ1) is 9.25. The van der Waals surface area contributed by atoms with E-state index in [9.17, 15) is 4.79 Å². The second-order valence-electron chi connectivity index (χ2n) is 2.50. The zero-order chi connectivity index (χ0) is 9.68. The van der Waals surface area contributed by atoms with Crippen LogP contribution in [0, 0.1) is 5.41 Å². The smallest absolute Gasteiger partial charge is 0.150 e. The number of amidine groups is 1. The highest BCUT2D eigenvalue weighted by Crippen LogP contribution is 2.10. The standard InChI is InChI=1S/C9H10N2O2/c10-9(11)6-13-8-3-1-7(5-12)2-4-8/h1-5H,6H2,(H3,10,11). The van der Waals surface area contributed by atoms with Crippen LogP contribution in [0.25, 0.3) is 0 Å². The minimum atomic E-state index is -0.0283. The van der Waals surface area contributed by atoms with Gasteiger partial charge in [0.15, 0.2) is 0 Å². The van der Waals surface area contributed by atoms with Gasteiger partial charge in [-0.25, -0.2) is 0 Å². The highest BCUT2D eigenvalue weighted by atomic mass is 16.5. The van der Waals surface area contributed by atoms with Gasteiger partial charge in [0.1, 0.15) is 24.5 Å². The Balaban J connectivity index is 2.59. The molecule has 13 heavy (non-hydrogen) atoms. The summed E-state index contributed by atoms with van der Waals surface area (Å²) in [7, 11) is 0. The largest absolute Gasteiger partial charge is 0.486 e. The number of nitrogens with two attached hydrogens (primary N) is 1. The minimum absolute atomic E-state index is 0.0283. The summed E-state index contributed by atoms with van der Waals surface area (Å²) in [4.78, 5) is 10.3. The molecule has 0 saturated carbocycles. The summed E-state index contributed by atoms with van der Waals surface area (Å²) in [5.41, 5.74) is 5.69. The maximum absolute atomic E-state index is 10.3. The van der Waals surface area contributed by atoms with E-state index in [2.05, 4.69) is 0 Å². The summed E-state index contributed by atoms with van der Waals surface area (Å²) in [5.74, 6) is 0.570. The zero-order valence-electron chi connectivity index (χ0n) is 6.99. The van der Waals surface area contributed by atoms with E-state index in [1.807, 2.05) is 0 Å². The first-order valence-electron chi connectivity index (χ1n) is 3.73. The average molecular weight is 178 g/mol. The molecule has 0 bridgehead atoms. The number of hydrogen-bond acceptors (Lipinski definition) is 3. The van der Waals surface area contributed by atoms with Crippen molar-refractivity contribution < 1.29 is 9.53 Å². The summed E-state index contributed by atoms with van der Waals surface area (Å²) in [6, 6.07) is 6.60. The lowest BCUT2D eigenvalue weighted by atomic mass is 10.2. The maximum atomic E-state index is 10.3. The van der Waals surface area contributed by atoms with Gasteiger partial charge in [0.2, 0.25) is 0 Å². The Bertz CT molecular complexity index is 306. The predicted molar refractivity (Wildman–Crippen MR) is 49.2 cm³/mol. The quantitative estimate of drug-likeness (QED) is 0.407. The van der Waals surface area contributed by atoms with E-state index >= 15 is 0 Å². The molecule has 0 saturated heterocycles. The molecule has 0 heterocycles. The van der Waals surface area contributed by atoms with Crippen LogP contribution in [-0.4, -0.2) is 18.7 Å². The Labute approximate surface area is 75.8 Å². The Morgan fingerprint density at radius 2 is 2.08 bits per heavy atom. The molecule has 0 amide bonds. The van der Waals surface area contributed by atoms with Crippen LogP contribution in [0.2, 0.25) is 0 Å². The second kappa shape index (κ2) is 4.25. The van der Waals surface area contributed by atoms with Crippen LogP contribution in [0.3, 0.4) is 0 Å². The number of ether oxygens (including phenoxy) is 1. The van der Waals surface area contributed by atoms with E-state index < -0.39 is 0 Å². The Morgan fingerprint density at radius 3 is 2.54 bits per heavy atom. The van der Waals surface area contributed by atoms with Gasteiger partial charge in [0.05, 0.1) is 0 Å². The predicted octanol–water partition coefficient (Wildman–Crippen LogP) is 0.814. The molecule has 0 fully saturated rings. The SMILES string of the molecule is N=C(N)COc1ccc(C=O)cc1. The van der Waals surface area contributed by atoms with Gasteiger partial charge >= 0.3 is 0 Å². The number of rotatable bonds is 4. The van der Waals surface area contributed by atoms with Gasteiger partial charge in [-0.1, -0.05) is 0 Å². The van der Waals surface area contributed by atoms with Crippen LogP contribution in [-0.2, 0) is 0 Å². The van der Waals surface area contributed by atoms with Gasteiger partial charge in [0, 0.05) is 5.56 Å². The molecule has 0 aliphatic carbocycles. The van der Waals surface area contributed by atoms with Gasteiger partial charge in [-0.2, -0.15) is 0 Å². The van der Waals surface area contributed by atoms with Crippen molar-refractivity contribution in [3.63, 3.8) is 0 Å². The van der Waals surface area contributed by atoms with Gasteiger partial charge in [0.25, 0.3) is 0 Å². The van der Waals surface area contributed by atoms with Crippen LogP contribution in [0.5, 0.6) is 5.75 Å². The van der Waals surface area contributed by atoms with Crippen LogP contribution >= 0.6 is 0 Å². The van der Waals surface area contributed by atoms with Gasteiger partial charge in [-0.15, -0.1) is 0 Å². The Kier molecular flexibility index (Phi) is 3.03. The van der Waals surface area contributed by atoms with E-state index in [-0.39, 0.29) is 12.4 Å². The third kappa shape index (κ3) is 2.94. The first-order chi connectivity index (χ1) is 6.22. The average Bonchev–Trinajstić information content (AvgIpc) is 2.15. The summed E-state index contributed by atoms with van der Waals surface area (Å²) in [5, 5.41) is 6.92. The molecule has 68 valence electrons. The van der Waals surface area contributed by atoms with Crippen molar-refractivity contribution in [1.82, 2.24) is 0 Å². The third-order valence-electron chi connectivity index (χ3n) is 1.41. The van der Waals surface area contributed by atoms with Crippen LogP contribution in [0.15, 0.2) is 24.3 Å². The number of aldehydes is 1. The van der Waals surface area contributed by atoms with Crippen molar-refractivity contribution in [3.8, 4) is 5.75 Å². The molecule has 3 N–H and O–H groups in total. The van der Waals surface area contributed by atoms with Crippen molar-refractivity contribution >= 4 is 12.1 Å². The Hall–Kier alpha value is -1.84. The number of hydrogen-bond donors (Lipinski definition) is 2. The minimum Gasteiger partial charge on any atom is -0.486 e. The van der Waals surface area contributed by atoms with E-state index in [0.717, 1.165) is 6.29 Å². The maximum Gasteiger partial charge on any atom is 0.150 e. The molecule has 0 atom stereocenters. The molecule has 0 radical (unpaired) electrons. The normalized spacial score (nSPS) is 9.23. The van der Waals surface area contributed by atoms with E-state index in [1.165, 1.54) is 0 Å². The van der Waals surface area contributed by atoms with Crippen molar-refractivity contribution in [2.45, 2.75) is 0 Å². The lowest BCUT2D eigenvalue weighted by molar-refractivity contribution is 0.112. The molecule has 0 aliphatic heterocycles. The molecule has 4 nitrogen and oxygen atoms in total. The summed E-state index contributed by atoms with van der Waals surface area (Å²) in [6.45, 7) is 0.0699.